The SMILES string of the molecule is CC.COc1cccc(OC(C)C)c1-c1sc(-c2c(OC)cccc2OC(C)C)c(C)c1C.COc1cccc(OC(C)C)c1B(O)O.Cc1c(Br)sc(Br)c1C. The highest BCUT2D eigenvalue weighted by Crippen LogP contribution is 2.51. The van der Waals surface area contributed by atoms with Crippen LogP contribution in [-0.2, 0) is 0 Å². The van der Waals surface area contributed by atoms with Crippen LogP contribution in [0.3, 0.4) is 0 Å². The molecule has 312 valence electrons. The van der Waals surface area contributed by atoms with Gasteiger partial charge in [0.1, 0.15) is 34.5 Å². The van der Waals surface area contributed by atoms with Crippen LogP contribution < -0.4 is 33.9 Å². The Balaban J connectivity index is 0.000000354. The van der Waals surface area contributed by atoms with Gasteiger partial charge in [-0.15, -0.1) is 22.7 Å². The van der Waals surface area contributed by atoms with Gasteiger partial charge < -0.3 is 38.5 Å². The molecule has 0 saturated heterocycles. The summed E-state index contributed by atoms with van der Waals surface area (Å²) < 4.78 is 36.7. The van der Waals surface area contributed by atoms with Crippen LogP contribution in [0.2, 0.25) is 0 Å². The molecule has 2 heterocycles. The van der Waals surface area contributed by atoms with E-state index in [-0.39, 0.29) is 23.8 Å². The van der Waals surface area contributed by atoms with Crippen LogP contribution in [0.4, 0.5) is 0 Å². The van der Waals surface area contributed by atoms with Gasteiger partial charge in [0.25, 0.3) is 0 Å². The fourth-order valence-corrected chi connectivity index (χ4v) is 9.84. The number of ether oxygens (including phenoxy) is 6. The summed E-state index contributed by atoms with van der Waals surface area (Å²) in [4.78, 5) is 2.25. The van der Waals surface area contributed by atoms with Gasteiger partial charge in [0, 0.05) is 9.75 Å². The first-order valence-corrected chi connectivity index (χ1v) is 22.1. The van der Waals surface area contributed by atoms with Gasteiger partial charge in [-0.2, -0.15) is 0 Å². The summed E-state index contributed by atoms with van der Waals surface area (Å²) in [6.07, 6.45) is 0.0912. The van der Waals surface area contributed by atoms with E-state index in [4.69, 9.17) is 28.4 Å². The van der Waals surface area contributed by atoms with E-state index in [0.717, 1.165) is 43.9 Å². The molecule has 0 aliphatic rings. The lowest BCUT2D eigenvalue weighted by atomic mass is 9.78. The van der Waals surface area contributed by atoms with Gasteiger partial charge in [0.2, 0.25) is 0 Å². The van der Waals surface area contributed by atoms with E-state index in [1.165, 1.54) is 36.9 Å². The van der Waals surface area contributed by atoms with E-state index in [1.54, 1.807) is 55.1 Å². The topological polar surface area (TPSA) is 95.8 Å². The smallest absolute Gasteiger partial charge is 0.496 e. The molecule has 0 aliphatic heterocycles. The third kappa shape index (κ3) is 13.4. The van der Waals surface area contributed by atoms with Crippen molar-refractivity contribution in [2.75, 3.05) is 21.3 Å². The highest BCUT2D eigenvalue weighted by molar-refractivity contribution is 9.12. The first-order valence-electron chi connectivity index (χ1n) is 18.9. The maximum atomic E-state index is 9.22. The molecule has 0 unspecified atom stereocenters. The van der Waals surface area contributed by atoms with E-state index in [1.807, 2.05) is 91.8 Å². The Morgan fingerprint density at radius 3 is 1.11 bits per heavy atom. The van der Waals surface area contributed by atoms with E-state index < -0.39 is 7.12 Å². The van der Waals surface area contributed by atoms with Crippen LogP contribution in [0.1, 0.15) is 77.6 Å². The molecule has 0 amide bonds. The van der Waals surface area contributed by atoms with E-state index in [9.17, 15) is 10.0 Å². The fourth-order valence-electron chi connectivity index (χ4n) is 5.43. The van der Waals surface area contributed by atoms with Crippen molar-refractivity contribution < 1.29 is 38.5 Å². The zero-order valence-electron chi connectivity index (χ0n) is 35.9. The second-order valence-corrected chi connectivity index (χ2v) is 18.0. The largest absolute Gasteiger partial charge is 0.497 e. The fraction of sp³-hybridized carbons (Fsp3) is 0.409. The van der Waals surface area contributed by atoms with Gasteiger partial charge in [0.05, 0.1) is 63.8 Å². The lowest BCUT2D eigenvalue weighted by Gasteiger charge is -2.17. The van der Waals surface area contributed by atoms with Crippen molar-refractivity contribution in [3.05, 3.63) is 84.4 Å². The minimum absolute atomic E-state index is 0.0328. The molecule has 13 heteroatoms. The summed E-state index contributed by atoms with van der Waals surface area (Å²) in [6.45, 7) is 24.4. The Kier molecular flexibility index (Phi) is 21.1. The van der Waals surface area contributed by atoms with Gasteiger partial charge in [-0.3, -0.25) is 0 Å². The Labute approximate surface area is 365 Å². The Morgan fingerprint density at radius 2 is 0.807 bits per heavy atom. The predicted molar refractivity (Wildman–Crippen MR) is 248 cm³/mol. The molecule has 0 saturated carbocycles. The summed E-state index contributed by atoms with van der Waals surface area (Å²) in [7, 11) is 3.27. The van der Waals surface area contributed by atoms with Crippen LogP contribution in [0.5, 0.6) is 34.5 Å². The minimum atomic E-state index is -1.60. The number of halogens is 2. The monoisotopic (exact) mass is 948 g/mol. The van der Waals surface area contributed by atoms with Crippen LogP contribution in [-0.4, -0.2) is 56.8 Å². The normalized spacial score (nSPS) is 10.5. The van der Waals surface area contributed by atoms with Crippen LogP contribution >= 0.6 is 54.5 Å². The minimum Gasteiger partial charge on any atom is -0.497 e. The zero-order valence-corrected chi connectivity index (χ0v) is 40.7. The van der Waals surface area contributed by atoms with Crippen molar-refractivity contribution in [2.24, 2.45) is 0 Å². The summed E-state index contributed by atoms with van der Waals surface area (Å²) in [5.74, 6) is 4.08. The van der Waals surface area contributed by atoms with Gasteiger partial charge in [-0.05, 0) is 160 Å². The number of thiophene rings is 2. The van der Waals surface area contributed by atoms with Crippen molar-refractivity contribution in [3.63, 3.8) is 0 Å². The molecule has 2 aromatic heterocycles. The molecule has 0 aliphatic carbocycles. The standard InChI is InChI=1S/C26H32O4S.C10H15BO4.C6H6Br2S.C2H6/c1-15(2)29-21-13-9-11-19(27-7)23(21)25-17(5)18(6)26(31-25)24-20(28-8)12-10-14-22(24)30-16(3)4;1-7(2)15-9-6-4-5-8(14-3)10(9)11(12)13;1-3-4(2)6(8)9-5(3)7;1-2/h9-16H,1-8H3;4-7,12-13H,1-3H3;1-2H3;1-2H3. The van der Waals surface area contributed by atoms with E-state index in [2.05, 4.69) is 59.6 Å². The average Bonchev–Trinajstić information content (AvgIpc) is 3.58. The lowest BCUT2D eigenvalue weighted by molar-refractivity contribution is 0.242. The number of rotatable bonds is 12. The Bertz CT molecular complexity index is 1900. The molecular weight excluding hydrogens is 891 g/mol. The van der Waals surface area contributed by atoms with Crippen molar-refractivity contribution in [1.29, 1.82) is 0 Å². The van der Waals surface area contributed by atoms with Crippen LogP contribution in [0, 0.1) is 27.7 Å². The molecule has 0 radical (unpaired) electrons. The molecule has 57 heavy (non-hydrogen) atoms. The molecule has 0 spiro atoms. The molecule has 2 N–H and O–H groups in total. The molecule has 0 bridgehead atoms. The zero-order chi connectivity index (χ0) is 43.1. The summed E-state index contributed by atoms with van der Waals surface area (Å²) >= 11 is 10.4. The van der Waals surface area contributed by atoms with Gasteiger partial charge >= 0.3 is 7.12 Å². The molecule has 0 fully saturated rings. The molecule has 5 aromatic rings. The van der Waals surface area contributed by atoms with Crippen molar-refractivity contribution >= 4 is 67.1 Å². The molecular formula is C44H59BBr2O8S2. The first-order chi connectivity index (χ1) is 27.0. The van der Waals surface area contributed by atoms with Crippen molar-refractivity contribution in [3.8, 4) is 55.4 Å². The van der Waals surface area contributed by atoms with E-state index in [0.29, 0.717) is 11.5 Å². The average molecular weight is 951 g/mol. The second-order valence-electron chi connectivity index (χ2n) is 13.3. The third-order valence-electron chi connectivity index (χ3n) is 8.24. The first kappa shape index (κ1) is 49.9. The highest BCUT2D eigenvalue weighted by Gasteiger charge is 2.26. The van der Waals surface area contributed by atoms with E-state index >= 15 is 0 Å². The number of methoxy groups -OCH3 is 3. The van der Waals surface area contributed by atoms with Crippen LogP contribution in [0.15, 0.2) is 62.2 Å². The van der Waals surface area contributed by atoms with Crippen molar-refractivity contribution in [1.82, 2.24) is 0 Å². The second kappa shape index (κ2) is 24.0. The summed E-state index contributed by atoms with van der Waals surface area (Å²) in [6, 6.07) is 17.0. The molecule has 8 nitrogen and oxygen atoms in total. The number of benzene rings is 3. The third-order valence-corrected chi connectivity index (χ3v) is 12.8. The predicted octanol–water partition coefficient (Wildman–Crippen LogP) is 12.4. The maximum Gasteiger partial charge on any atom is 0.496 e. The molecule has 3 aromatic carbocycles. The maximum absolute atomic E-state index is 9.22. The quantitative estimate of drug-likeness (QED) is 0.119. The van der Waals surface area contributed by atoms with Gasteiger partial charge in [0.15, 0.2) is 0 Å². The van der Waals surface area contributed by atoms with Gasteiger partial charge in [-0.25, -0.2) is 0 Å². The highest BCUT2D eigenvalue weighted by atomic mass is 79.9. The summed E-state index contributed by atoms with van der Waals surface area (Å²) in [5, 5.41) is 18.4. The summed E-state index contributed by atoms with van der Waals surface area (Å²) in [5.41, 5.74) is 7.29. The van der Waals surface area contributed by atoms with Crippen molar-refractivity contribution in [2.45, 2.75) is 101 Å². The molecule has 0 atom stereocenters. The lowest BCUT2D eigenvalue weighted by Crippen LogP contribution is -2.33. The van der Waals surface area contributed by atoms with Crippen LogP contribution in [0.25, 0.3) is 20.9 Å². The molecule has 5 rings (SSSR count). The number of hydrogen-bond donors (Lipinski definition) is 2. The number of hydrogen-bond acceptors (Lipinski definition) is 10. The Morgan fingerprint density at radius 1 is 0.491 bits per heavy atom. The van der Waals surface area contributed by atoms with Gasteiger partial charge in [-0.1, -0.05) is 32.0 Å². The Hall–Kier alpha value is -3.20.